The van der Waals surface area contributed by atoms with E-state index in [1.54, 1.807) is 0 Å². The zero-order valence-electron chi connectivity index (χ0n) is 16.0. The van der Waals surface area contributed by atoms with Crippen molar-refractivity contribution >= 4 is 42.4 Å². The van der Waals surface area contributed by atoms with Crippen molar-refractivity contribution in [1.82, 2.24) is 10.2 Å². The minimum Gasteiger partial charge on any atom is -0.480 e. The smallest absolute Gasteiger partial charge is 0.329 e. The summed E-state index contributed by atoms with van der Waals surface area (Å²) in [5, 5.41) is 12.9. The third kappa shape index (κ3) is 7.78. The number of nitrogens with one attached hydrogen (secondary N) is 1. The lowest BCUT2D eigenvalue weighted by Crippen LogP contribution is -2.52. The lowest BCUT2D eigenvalue weighted by Gasteiger charge is -2.39. The number of nitrogens with zero attached hydrogens (tertiary/aromatic N) is 1. The second kappa shape index (κ2) is 13.1. The SMILES string of the molecule is Cl.Cl.O=C(O)COCCC1CN(C(c2ccccc2)c2ccc(Cl)cc2)CCN1. The molecule has 0 radical (unpaired) electrons. The molecule has 29 heavy (non-hydrogen) atoms. The quantitative estimate of drug-likeness (QED) is 0.581. The average Bonchev–Trinajstić information content (AvgIpc) is 2.68. The molecule has 2 unspecified atom stereocenters. The third-order valence-electron chi connectivity index (χ3n) is 4.79. The molecule has 2 aromatic carbocycles. The predicted molar refractivity (Wildman–Crippen MR) is 121 cm³/mol. The van der Waals surface area contributed by atoms with E-state index in [2.05, 4.69) is 46.6 Å². The molecular weight excluding hydrogens is 435 g/mol. The van der Waals surface area contributed by atoms with E-state index in [1.165, 1.54) is 11.1 Å². The highest BCUT2D eigenvalue weighted by Gasteiger charge is 2.27. The molecule has 1 fully saturated rings. The summed E-state index contributed by atoms with van der Waals surface area (Å²) in [5.41, 5.74) is 2.47. The van der Waals surface area contributed by atoms with Crippen molar-refractivity contribution in [3.8, 4) is 0 Å². The van der Waals surface area contributed by atoms with E-state index in [9.17, 15) is 4.79 Å². The summed E-state index contributed by atoms with van der Waals surface area (Å²) in [5.74, 6) is -0.930. The molecule has 0 amide bonds. The van der Waals surface area contributed by atoms with Gasteiger partial charge in [-0.3, -0.25) is 4.90 Å². The molecular formula is C21H27Cl3N2O3. The van der Waals surface area contributed by atoms with Crippen LogP contribution < -0.4 is 5.32 Å². The van der Waals surface area contributed by atoms with Gasteiger partial charge in [0, 0.05) is 37.3 Å². The van der Waals surface area contributed by atoms with Gasteiger partial charge in [0.15, 0.2) is 0 Å². The summed E-state index contributed by atoms with van der Waals surface area (Å²) in [6, 6.07) is 19.0. The van der Waals surface area contributed by atoms with E-state index >= 15 is 0 Å². The van der Waals surface area contributed by atoms with Gasteiger partial charge in [0.1, 0.15) is 6.61 Å². The Morgan fingerprint density at radius 3 is 2.45 bits per heavy atom. The zero-order valence-corrected chi connectivity index (χ0v) is 18.4. The minimum atomic E-state index is -0.930. The second-order valence-electron chi connectivity index (χ2n) is 6.75. The largest absolute Gasteiger partial charge is 0.480 e. The number of carboxylic acids is 1. The number of aliphatic carboxylic acids is 1. The molecule has 5 nitrogen and oxygen atoms in total. The first-order chi connectivity index (χ1) is 13.1. The first kappa shape index (κ1) is 25.7. The van der Waals surface area contributed by atoms with Crippen LogP contribution in [0.15, 0.2) is 54.6 Å². The van der Waals surface area contributed by atoms with Gasteiger partial charge in [0.05, 0.1) is 6.04 Å². The molecule has 2 aromatic rings. The molecule has 0 aliphatic carbocycles. The highest BCUT2D eigenvalue weighted by atomic mass is 35.5. The Bertz CT molecular complexity index is 732. The maximum absolute atomic E-state index is 10.6. The van der Waals surface area contributed by atoms with Crippen molar-refractivity contribution in [2.75, 3.05) is 32.8 Å². The van der Waals surface area contributed by atoms with Crippen LogP contribution >= 0.6 is 36.4 Å². The molecule has 1 aliphatic heterocycles. The van der Waals surface area contributed by atoms with Crippen molar-refractivity contribution in [1.29, 1.82) is 0 Å². The Labute approximate surface area is 189 Å². The Hall–Kier alpha value is -1.34. The summed E-state index contributed by atoms with van der Waals surface area (Å²) in [6.45, 7) is 2.90. The van der Waals surface area contributed by atoms with Crippen LogP contribution in [-0.2, 0) is 9.53 Å². The molecule has 0 spiro atoms. The number of benzene rings is 2. The molecule has 1 heterocycles. The van der Waals surface area contributed by atoms with E-state index in [0.29, 0.717) is 6.61 Å². The summed E-state index contributed by atoms with van der Waals surface area (Å²) < 4.78 is 5.20. The molecule has 0 aromatic heterocycles. The fraction of sp³-hybridized carbons (Fsp3) is 0.381. The van der Waals surface area contributed by atoms with E-state index < -0.39 is 5.97 Å². The van der Waals surface area contributed by atoms with Gasteiger partial charge < -0.3 is 15.2 Å². The summed E-state index contributed by atoms with van der Waals surface area (Å²) in [6.07, 6.45) is 0.784. The van der Waals surface area contributed by atoms with Crippen LogP contribution in [0.4, 0.5) is 0 Å². The van der Waals surface area contributed by atoms with Crippen LogP contribution in [-0.4, -0.2) is 54.9 Å². The molecule has 0 saturated carbocycles. The first-order valence-corrected chi connectivity index (χ1v) is 9.58. The maximum atomic E-state index is 10.6. The number of hydrogen-bond donors (Lipinski definition) is 2. The number of carboxylic acid groups (broad SMARTS) is 1. The van der Waals surface area contributed by atoms with Crippen LogP contribution in [0.3, 0.4) is 0 Å². The zero-order chi connectivity index (χ0) is 19.1. The first-order valence-electron chi connectivity index (χ1n) is 9.21. The van der Waals surface area contributed by atoms with E-state index in [1.807, 2.05) is 18.2 Å². The van der Waals surface area contributed by atoms with Crippen LogP contribution in [0, 0.1) is 0 Å². The summed E-state index contributed by atoms with van der Waals surface area (Å²) in [7, 11) is 0. The Morgan fingerprint density at radius 1 is 1.14 bits per heavy atom. The van der Waals surface area contributed by atoms with Gasteiger partial charge in [0.25, 0.3) is 0 Å². The molecule has 1 aliphatic rings. The molecule has 8 heteroatoms. The topological polar surface area (TPSA) is 61.8 Å². The number of rotatable bonds is 8. The monoisotopic (exact) mass is 460 g/mol. The fourth-order valence-electron chi connectivity index (χ4n) is 3.56. The van der Waals surface area contributed by atoms with Crippen molar-refractivity contribution in [3.63, 3.8) is 0 Å². The lowest BCUT2D eigenvalue weighted by atomic mass is 9.95. The third-order valence-corrected chi connectivity index (χ3v) is 5.04. The van der Waals surface area contributed by atoms with Crippen LogP contribution in [0.1, 0.15) is 23.6 Å². The van der Waals surface area contributed by atoms with Gasteiger partial charge in [-0.05, 0) is 29.7 Å². The van der Waals surface area contributed by atoms with Gasteiger partial charge in [-0.25, -0.2) is 4.79 Å². The molecule has 2 N–H and O–H groups in total. The number of piperazine rings is 1. The highest BCUT2D eigenvalue weighted by Crippen LogP contribution is 2.30. The maximum Gasteiger partial charge on any atom is 0.329 e. The summed E-state index contributed by atoms with van der Waals surface area (Å²) in [4.78, 5) is 13.0. The van der Waals surface area contributed by atoms with Crippen molar-refractivity contribution < 1.29 is 14.6 Å². The van der Waals surface area contributed by atoms with E-state index in [0.717, 1.165) is 31.1 Å². The molecule has 160 valence electrons. The Kier molecular flexibility index (Phi) is 11.6. The van der Waals surface area contributed by atoms with Crippen molar-refractivity contribution in [2.24, 2.45) is 0 Å². The summed E-state index contributed by atoms with van der Waals surface area (Å²) >= 11 is 6.09. The van der Waals surface area contributed by atoms with Gasteiger partial charge in [-0.1, -0.05) is 54.1 Å². The average molecular weight is 462 g/mol. The van der Waals surface area contributed by atoms with Gasteiger partial charge in [0.2, 0.25) is 0 Å². The van der Waals surface area contributed by atoms with E-state index in [4.69, 9.17) is 21.4 Å². The molecule has 0 bridgehead atoms. The number of halogens is 3. The molecule has 1 saturated heterocycles. The minimum absolute atomic E-state index is 0. The van der Waals surface area contributed by atoms with Gasteiger partial charge in [-0.15, -0.1) is 24.8 Å². The predicted octanol–water partition coefficient (Wildman–Crippen LogP) is 4.04. The lowest BCUT2D eigenvalue weighted by molar-refractivity contribution is -0.142. The number of ether oxygens (including phenoxy) is 1. The van der Waals surface area contributed by atoms with Crippen LogP contribution in [0.25, 0.3) is 0 Å². The fourth-order valence-corrected chi connectivity index (χ4v) is 3.68. The van der Waals surface area contributed by atoms with Crippen molar-refractivity contribution in [3.05, 3.63) is 70.7 Å². The Morgan fingerprint density at radius 2 is 1.79 bits per heavy atom. The van der Waals surface area contributed by atoms with Gasteiger partial charge >= 0.3 is 5.97 Å². The number of hydrogen-bond acceptors (Lipinski definition) is 4. The second-order valence-corrected chi connectivity index (χ2v) is 7.18. The van der Waals surface area contributed by atoms with Crippen LogP contribution in [0.5, 0.6) is 0 Å². The number of carbonyl (C=O) groups is 1. The van der Waals surface area contributed by atoms with Gasteiger partial charge in [-0.2, -0.15) is 0 Å². The Balaban J connectivity index is 0.00000210. The molecule has 2 atom stereocenters. The van der Waals surface area contributed by atoms with Crippen LogP contribution in [0.2, 0.25) is 5.02 Å². The normalized spacial score (nSPS) is 17.6. The highest BCUT2D eigenvalue weighted by molar-refractivity contribution is 6.30. The van der Waals surface area contributed by atoms with E-state index in [-0.39, 0.29) is 43.5 Å². The van der Waals surface area contributed by atoms with Crippen molar-refractivity contribution in [2.45, 2.75) is 18.5 Å². The molecule has 3 rings (SSSR count). The standard InChI is InChI=1S/C21H25ClN2O3.2ClH/c22-18-8-6-17(7-9-18)21(16-4-2-1-3-5-16)24-12-11-23-19(14-24)10-13-27-15-20(25)26;;/h1-9,19,21,23H,10-15H2,(H,25,26);2*1H.